The zero-order chi connectivity index (χ0) is 16.4. The van der Waals surface area contributed by atoms with Gasteiger partial charge in [-0.05, 0) is 19.8 Å². The van der Waals surface area contributed by atoms with Crippen molar-refractivity contribution in [2.45, 2.75) is 26.7 Å². The minimum atomic E-state index is -0.348. The number of hydrogen-bond acceptors (Lipinski definition) is 4. The van der Waals surface area contributed by atoms with E-state index in [4.69, 9.17) is 4.74 Å². The molecular formula is C16H22N4O3. The second-order valence-corrected chi connectivity index (χ2v) is 6.09. The van der Waals surface area contributed by atoms with Gasteiger partial charge >= 0.3 is 0 Å². The van der Waals surface area contributed by atoms with E-state index in [0.717, 1.165) is 25.1 Å². The van der Waals surface area contributed by atoms with E-state index >= 15 is 0 Å². The van der Waals surface area contributed by atoms with Crippen molar-refractivity contribution in [2.24, 2.45) is 5.92 Å². The fourth-order valence-corrected chi connectivity index (χ4v) is 2.94. The highest BCUT2D eigenvalue weighted by atomic mass is 16.5. The molecule has 0 bridgehead atoms. The maximum atomic E-state index is 12.6. The smallest absolute Gasteiger partial charge is 0.285 e. The first-order chi connectivity index (χ1) is 11.1. The summed E-state index contributed by atoms with van der Waals surface area (Å²) in [6.07, 6.45) is 3.29. The van der Waals surface area contributed by atoms with Crippen LogP contribution in [0.25, 0.3) is 5.65 Å². The normalized spacial score (nSPS) is 18.0. The number of hydrogen-bond donors (Lipinski definition) is 1. The van der Waals surface area contributed by atoms with Crippen LogP contribution in [0.1, 0.15) is 35.8 Å². The minimum absolute atomic E-state index is 0.111. The maximum absolute atomic E-state index is 12.6. The van der Waals surface area contributed by atoms with Gasteiger partial charge < -0.3 is 9.64 Å². The number of rotatable bonds is 5. The molecule has 3 heterocycles. The summed E-state index contributed by atoms with van der Waals surface area (Å²) in [6, 6.07) is 1.77. The molecule has 124 valence electrons. The summed E-state index contributed by atoms with van der Waals surface area (Å²) in [7, 11) is 0. The predicted molar refractivity (Wildman–Crippen MR) is 85.7 cm³/mol. The summed E-state index contributed by atoms with van der Waals surface area (Å²) < 4.78 is 6.88. The summed E-state index contributed by atoms with van der Waals surface area (Å²) in [5.41, 5.74) is 1.11. The Morgan fingerprint density at radius 3 is 3.13 bits per heavy atom. The van der Waals surface area contributed by atoms with Gasteiger partial charge in [0, 0.05) is 43.6 Å². The van der Waals surface area contributed by atoms with Crippen molar-refractivity contribution in [1.82, 2.24) is 19.5 Å². The number of carbonyl (C=O) groups is 1. The van der Waals surface area contributed by atoms with Crippen LogP contribution in [0, 0.1) is 12.8 Å². The molecular weight excluding hydrogens is 296 g/mol. The van der Waals surface area contributed by atoms with Crippen molar-refractivity contribution in [3.05, 3.63) is 33.9 Å². The molecule has 2 aromatic rings. The molecule has 1 atom stereocenters. The average molecular weight is 318 g/mol. The molecule has 1 amide bonds. The first-order valence-corrected chi connectivity index (χ1v) is 8.04. The highest BCUT2D eigenvalue weighted by Gasteiger charge is 2.29. The molecule has 0 saturated carbocycles. The Bertz CT molecular complexity index is 764. The summed E-state index contributed by atoms with van der Waals surface area (Å²) in [5.74, 6) is 0.0971. The standard InChI is InChI=1S/C16H22N4O3/c1-3-6-23-10-12-4-5-19(9-12)15(21)13-8-17-14-7-11(2)18-20(14)16(13)22/h7-8,12,18H,3-6,9-10H2,1-2H3. The lowest BCUT2D eigenvalue weighted by Crippen LogP contribution is -2.35. The Balaban J connectivity index is 1.74. The van der Waals surface area contributed by atoms with Gasteiger partial charge in [0.2, 0.25) is 0 Å². The van der Waals surface area contributed by atoms with Crippen LogP contribution < -0.4 is 5.56 Å². The fraction of sp³-hybridized carbons (Fsp3) is 0.562. The second-order valence-electron chi connectivity index (χ2n) is 6.09. The number of amides is 1. The number of ether oxygens (including phenoxy) is 1. The summed E-state index contributed by atoms with van der Waals surface area (Å²) in [6.45, 7) is 6.63. The van der Waals surface area contributed by atoms with Crippen LogP contribution in [-0.2, 0) is 4.74 Å². The molecule has 3 rings (SSSR count). The molecule has 1 unspecified atom stereocenters. The molecule has 0 radical (unpaired) electrons. The summed E-state index contributed by atoms with van der Waals surface area (Å²) >= 11 is 0. The highest BCUT2D eigenvalue weighted by Crippen LogP contribution is 2.18. The fourth-order valence-electron chi connectivity index (χ4n) is 2.94. The SMILES string of the molecule is CCCOCC1CCN(C(=O)c2cnc3cc(C)[nH]n3c2=O)C1. The van der Waals surface area contributed by atoms with E-state index in [0.29, 0.717) is 31.3 Å². The van der Waals surface area contributed by atoms with E-state index in [-0.39, 0.29) is 17.0 Å². The molecule has 0 aliphatic carbocycles. The zero-order valence-electron chi connectivity index (χ0n) is 13.5. The number of H-pyrrole nitrogens is 1. The molecule has 7 nitrogen and oxygen atoms in total. The van der Waals surface area contributed by atoms with Crippen LogP contribution in [-0.4, -0.2) is 51.7 Å². The van der Waals surface area contributed by atoms with E-state index < -0.39 is 0 Å². The second kappa shape index (κ2) is 6.54. The lowest BCUT2D eigenvalue weighted by atomic mass is 10.1. The lowest BCUT2D eigenvalue weighted by molar-refractivity contribution is 0.0752. The number of carbonyl (C=O) groups excluding carboxylic acids is 1. The van der Waals surface area contributed by atoms with E-state index in [1.807, 2.05) is 6.92 Å². The van der Waals surface area contributed by atoms with Crippen molar-refractivity contribution in [1.29, 1.82) is 0 Å². The van der Waals surface area contributed by atoms with Gasteiger partial charge in [-0.15, -0.1) is 0 Å². The van der Waals surface area contributed by atoms with Gasteiger partial charge in [0.15, 0.2) is 5.65 Å². The van der Waals surface area contributed by atoms with Gasteiger partial charge in [-0.3, -0.25) is 14.7 Å². The number of likely N-dealkylation sites (tertiary alicyclic amines) is 1. The number of aromatic amines is 1. The maximum Gasteiger partial charge on any atom is 0.285 e. The van der Waals surface area contributed by atoms with E-state index in [1.165, 1.54) is 10.7 Å². The first kappa shape index (κ1) is 15.7. The molecule has 7 heteroatoms. The van der Waals surface area contributed by atoms with Gasteiger partial charge in [-0.2, -0.15) is 0 Å². The molecule has 1 fully saturated rings. The molecule has 23 heavy (non-hydrogen) atoms. The third-order valence-corrected chi connectivity index (χ3v) is 4.13. The van der Waals surface area contributed by atoms with Crippen LogP contribution in [0.2, 0.25) is 0 Å². The Kier molecular flexibility index (Phi) is 4.47. The number of nitrogens with zero attached hydrogens (tertiary/aromatic N) is 3. The Morgan fingerprint density at radius 2 is 2.35 bits per heavy atom. The quantitative estimate of drug-likeness (QED) is 0.841. The lowest BCUT2D eigenvalue weighted by Gasteiger charge is -2.16. The van der Waals surface area contributed by atoms with Gasteiger partial charge in [0.05, 0.1) is 6.61 Å². The van der Waals surface area contributed by atoms with E-state index in [2.05, 4.69) is 17.0 Å². The van der Waals surface area contributed by atoms with E-state index in [1.54, 1.807) is 11.0 Å². The third-order valence-electron chi connectivity index (χ3n) is 4.13. The number of aromatic nitrogens is 3. The summed E-state index contributed by atoms with van der Waals surface area (Å²) in [5, 5.41) is 2.91. The summed E-state index contributed by atoms with van der Waals surface area (Å²) in [4.78, 5) is 31.0. The van der Waals surface area contributed by atoms with Crippen LogP contribution in [0.5, 0.6) is 0 Å². The molecule has 1 aliphatic rings. The molecule has 0 aromatic carbocycles. The highest BCUT2D eigenvalue weighted by molar-refractivity contribution is 5.93. The molecule has 1 aliphatic heterocycles. The van der Waals surface area contributed by atoms with Gasteiger partial charge in [-0.25, -0.2) is 9.50 Å². The molecule has 1 saturated heterocycles. The van der Waals surface area contributed by atoms with Crippen LogP contribution >= 0.6 is 0 Å². The van der Waals surface area contributed by atoms with Crippen molar-refractivity contribution < 1.29 is 9.53 Å². The zero-order valence-corrected chi connectivity index (χ0v) is 13.5. The van der Waals surface area contributed by atoms with Crippen molar-refractivity contribution in [2.75, 3.05) is 26.3 Å². The predicted octanol–water partition coefficient (Wildman–Crippen LogP) is 1.22. The van der Waals surface area contributed by atoms with Crippen LogP contribution in [0.3, 0.4) is 0 Å². The largest absolute Gasteiger partial charge is 0.381 e. The molecule has 2 aromatic heterocycles. The molecule has 0 spiro atoms. The van der Waals surface area contributed by atoms with Crippen LogP contribution in [0.15, 0.2) is 17.1 Å². The number of nitrogens with one attached hydrogen (secondary N) is 1. The Hall–Kier alpha value is -2.15. The minimum Gasteiger partial charge on any atom is -0.381 e. The van der Waals surface area contributed by atoms with Gasteiger partial charge in [0.25, 0.3) is 11.5 Å². The first-order valence-electron chi connectivity index (χ1n) is 8.04. The van der Waals surface area contributed by atoms with Gasteiger partial charge in [-0.1, -0.05) is 6.92 Å². The Labute approximate surface area is 134 Å². The van der Waals surface area contributed by atoms with E-state index in [9.17, 15) is 9.59 Å². The van der Waals surface area contributed by atoms with Crippen molar-refractivity contribution >= 4 is 11.6 Å². The third kappa shape index (κ3) is 3.14. The number of aryl methyl sites for hydroxylation is 1. The van der Waals surface area contributed by atoms with Gasteiger partial charge in [0.1, 0.15) is 5.56 Å². The monoisotopic (exact) mass is 318 g/mol. The average Bonchev–Trinajstić information content (AvgIpc) is 3.14. The van der Waals surface area contributed by atoms with Crippen molar-refractivity contribution in [3.63, 3.8) is 0 Å². The number of fused-ring (bicyclic) bond motifs is 1. The Morgan fingerprint density at radius 1 is 1.52 bits per heavy atom. The van der Waals surface area contributed by atoms with Crippen LogP contribution in [0.4, 0.5) is 0 Å². The molecule has 1 N–H and O–H groups in total. The topological polar surface area (TPSA) is 79.7 Å². The van der Waals surface area contributed by atoms with Crippen molar-refractivity contribution in [3.8, 4) is 0 Å².